The Bertz CT molecular complexity index is 944. The molecule has 0 bridgehead atoms. The molecule has 2 aromatic rings. The number of hydrogen-bond acceptors (Lipinski definition) is 5. The van der Waals surface area contributed by atoms with Crippen molar-refractivity contribution in [2.75, 3.05) is 13.1 Å². The summed E-state index contributed by atoms with van der Waals surface area (Å²) in [6, 6.07) is 8.80. The second kappa shape index (κ2) is 7.67. The van der Waals surface area contributed by atoms with Crippen LogP contribution in [0.1, 0.15) is 29.8 Å². The van der Waals surface area contributed by atoms with E-state index in [-0.39, 0.29) is 11.8 Å². The number of aromatic nitrogens is 1. The molecule has 0 saturated carbocycles. The molecule has 1 aromatic carbocycles. The van der Waals surface area contributed by atoms with Crippen molar-refractivity contribution in [2.24, 2.45) is 5.73 Å². The molecule has 1 atom stereocenters. The van der Waals surface area contributed by atoms with E-state index in [9.17, 15) is 14.4 Å². The van der Waals surface area contributed by atoms with Crippen molar-refractivity contribution in [1.29, 1.82) is 0 Å². The number of nitrogens with two attached hydrogens (primary N) is 1. The topological polar surface area (TPSA) is 123 Å². The number of amides is 3. The molecule has 0 spiro atoms. The van der Waals surface area contributed by atoms with E-state index in [1.54, 1.807) is 31.3 Å². The molecule has 0 radical (unpaired) electrons. The van der Waals surface area contributed by atoms with Crippen molar-refractivity contribution >= 4 is 17.7 Å². The van der Waals surface area contributed by atoms with Gasteiger partial charge in [0.05, 0.1) is 0 Å². The summed E-state index contributed by atoms with van der Waals surface area (Å²) in [6.07, 6.45) is 1.93. The van der Waals surface area contributed by atoms with Crippen LogP contribution >= 0.6 is 0 Å². The third kappa shape index (κ3) is 3.95. The fourth-order valence-electron chi connectivity index (χ4n) is 3.16. The number of carbonyl (C=O) groups excluding carboxylic acids is 3. The van der Waals surface area contributed by atoms with Gasteiger partial charge in [-0.3, -0.25) is 14.4 Å². The van der Waals surface area contributed by atoms with Crippen molar-refractivity contribution in [3.05, 3.63) is 47.7 Å². The summed E-state index contributed by atoms with van der Waals surface area (Å²) in [4.78, 5) is 39.3. The molecule has 1 unspecified atom stereocenters. The number of nitrogens with zero attached hydrogens (tertiary/aromatic N) is 1. The fraction of sp³-hybridized carbons (Fsp3) is 0.300. The van der Waals surface area contributed by atoms with E-state index >= 15 is 0 Å². The van der Waals surface area contributed by atoms with Gasteiger partial charge in [-0.05, 0) is 36.2 Å². The highest BCUT2D eigenvalue weighted by atomic mass is 16.5. The molecular weight excluding hydrogens is 360 g/mol. The number of fused-ring (bicyclic) bond motifs is 1. The second-order valence-electron chi connectivity index (χ2n) is 6.84. The summed E-state index contributed by atoms with van der Waals surface area (Å²) < 4.78 is 5.87. The van der Waals surface area contributed by atoms with Gasteiger partial charge in [-0.2, -0.15) is 0 Å². The number of benzene rings is 1. The first-order valence-electron chi connectivity index (χ1n) is 8.90. The van der Waals surface area contributed by atoms with Crippen LogP contribution in [0.5, 0.6) is 5.88 Å². The van der Waals surface area contributed by atoms with Crippen LogP contribution in [0.25, 0.3) is 11.1 Å². The van der Waals surface area contributed by atoms with E-state index in [0.717, 1.165) is 16.7 Å². The van der Waals surface area contributed by atoms with Crippen molar-refractivity contribution < 1.29 is 19.1 Å². The lowest BCUT2D eigenvalue weighted by atomic mass is 9.92. The Morgan fingerprint density at radius 3 is 2.68 bits per heavy atom. The highest BCUT2D eigenvalue weighted by molar-refractivity contribution is 5.94. The largest absolute Gasteiger partial charge is 0.461 e. The molecule has 0 fully saturated rings. The Morgan fingerprint density at radius 2 is 1.96 bits per heavy atom. The normalized spacial score (nSPS) is 17.4. The molecule has 1 aromatic heterocycles. The number of rotatable bonds is 6. The van der Waals surface area contributed by atoms with E-state index in [4.69, 9.17) is 10.5 Å². The average Bonchev–Trinajstić information content (AvgIpc) is 3.02. The predicted octanol–water partition coefficient (Wildman–Crippen LogP) is 0.793. The molecule has 0 aliphatic carbocycles. The maximum absolute atomic E-state index is 12.6. The average molecular weight is 382 g/mol. The second-order valence-corrected chi connectivity index (χ2v) is 6.84. The Morgan fingerprint density at radius 1 is 1.21 bits per heavy atom. The quantitative estimate of drug-likeness (QED) is 0.638. The molecule has 1 aliphatic rings. The highest BCUT2D eigenvalue weighted by Gasteiger charge is 2.43. The molecular formula is C20H22N4O4. The van der Waals surface area contributed by atoms with Gasteiger partial charge in [0.2, 0.25) is 17.7 Å². The molecule has 1 aliphatic heterocycles. The first-order valence-corrected chi connectivity index (χ1v) is 8.90. The van der Waals surface area contributed by atoms with Crippen LogP contribution in [0, 0.1) is 0 Å². The van der Waals surface area contributed by atoms with E-state index in [1.165, 1.54) is 6.92 Å². The van der Waals surface area contributed by atoms with Gasteiger partial charge in [0, 0.05) is 43.8 Å². The maximum Gasteiger partial charge on any atom is 0.264 e. The first kappa shape index (κ1) is 19.3. The lowest BCUT2D eigenvalue weighted by Gasteiger charge is -2.22. The van der Waals surface area contributed by atoms with Gasteiger partial charge in [0.15, 0.2) is 5.60 Å². The van der Waals surface area contributed by atoms with E-state index in [0.29, 0.717) is 31.0 Å². The Kier molecular flexibility index (Phi) is 5.30. The van der Waals surface area contributed by atoms with Crippen LogP contribution in [0.15, 0.2) is 36.5 Å². The van der Waals surface area contributed by atoms with Crippen molar-refractivity contribution in [2.45, 2.75) is 25.9 Å². The van der Waals surface area contributed by atoms with Crippen LogP contribution in [-0.2, 0) is 16.0 Å². The number of nitrogens with one attached hydrogen (secondary N) is 2. The molecule has 4 N–H and O–H groups in total. The Labute approximate surface area is 162 Å². The standard InChI is InChI=1S/C20H22N4O4/c1-12(25)22-8-9-24-19(27)20(2)11-16-15(6-7-23-18(16)28-20)13-4-3-5-14(10-13)17(21)26/h3-7,10H,8-9,11H2,1-2H3,(H2,21,26)(H,22,25)(H,24,27). The van der Waals surface area contributed by atoms with Crippen molar-refractivity contribution in [1.82, 2.24) is 15.6 Å². The van der Waals surface area contributed by atoms with E-state index < -0.39 is 11.5 Å². The van der Waals surface area contributed by atoms with Crippen LogP contribution in [-0.4, -0.2) is 41.4 Å². The van der Waals surface area contributed by atoms with Gasteiger partial charge >= 0.3 is 0 Å². The third-order valence-electron chi connectivity index (χ3n) is 4.58. The number of hydrogen-bond donors (Lipinski definition) is 3. The predicted molar refractivity (Wildman–Crippen MR) is 103 cm³/mol. The number of primary amides is 1. The van der Waals surface area contributed by atoms with Gasteiger partial charge in [0.25, 0.3) is 5.91 Å². The molecule has 146 valence electrons. The van der Waals surface area contributed by atoms with Gasteiger partial charge in [-0.25, -0.2) is 4.98 Å². The summed E-state index contributed by atoms with van der Waals surface area (Å²) in [5.74, 6) is -0.557. The summed E-state index contributed by atoms with van der Waals surface area (Å²) in [5, 5.41) is 5.39. The molecule has 0 saturated heterocycles. The van der Waals surface area contributed by atoms with Gasteiger partial charge in [-0.15, -0.1) is 0 Å². The van der Waals surface area contributed by atoms with Crippen molar-refractivity contribution in [3.63, 3.8) is 0 Å². The lowest BCUT2D eigenvalue weighted by Crippen LogP contribution is -2.49. The number of pyridine rings is 1. The van der Waals surface area contributed by atoms with Crippen LogP contribution in [0.3, 0.4) is 0 Å². The molecule has 2 heterocycles. The lowest BCUT2D eigenvalue weighted by molar-refractivity contribution is -0.134. The maximum atomic E-state index is 12.6. The molecule has 3 amide bonds. The molecule has 8 nitrogen and oxygen atoms in total. The van der Waals surface area contributed by atoms with E-state index in [1.807, 2.05) is 12.1 Å². The summed E-state index contributed by atoms with van der Waals surface area (Å²) >= 11 is 0. The zero-order chi connectivity index (χ0) is 20.3. The molecule has 8 heteroatoms. The zero-order valence-electron chi connectivity index (χ0n) is 15.7. The van der Waals surface area contributed by atoms with E-state index in [2.05, 4.69) is 15.6 Å². The summed E-state index contributed by atoms with van der Waals surface area (Å²) in [7, 11) is 0. The minimum Gasteiger partial charge on any atom is -0.461 e. The molecule has 28 heavy (non-hydrogen) atoms. The highest BCUT2D eigenvalue weighted by Crippen LogP contribution is 2.39. The summed E-state index contributed by atoms with van der Waals surface area (Å²) in [5.41, 5.74) is 7.10. The third-order valence-corrected chi connectivity index (χ3v) is 4.58. The van der Waals surface area contributed by atoms with Gasteiger partial charge in [-0.1, -0.05) is 12.1 Å². The minimum absolute atomic E-state index is 0.156. The number of carbonyl (C=O) groups is 3. The van der Waals surface area contributed by atoms with Crippen molar-refractivity contribution in [3.8, 4) is 17.0 Å². The van der Waals surface area contributed by atoms with Gasteiger partial charge < -0.3 is 21.1 Å². The number of ether oxygens (including phenoxy) is 1. The van der Waals surface area contributed by atoms with Crippen LogP contribution in [0.4, 0.5) is 0 Å². The zero-order valence-corrected chi connectivity index (χ0v) is 15.7. The SMILES string of the molecule is CC(=O)NCCNC(=O)C1(C)Cc2c(-c3cccc(C(N)=O)c3)ccnc2O1. The first-order chi connectivity index (χ1) is 13.3. The van der Waals surface area contributed by atoms with Gasteiger partial charge in [0.1, 0.15) is 0 Å². The Balaban J connectivity index is 1.80. The van der Waals surface area contributed by atoms with Crippen LogP contribution in [0.2, 0.25) is 0 Å². The smallest absolute Gasteiger partial charge is 0.264 e. The summed E-state index contributed by atoms with van der Waals surface area (Å²) in [6.45, 7) is 3.76. The fourth-order valence-corrected chi connectivity index (χ4v) is 3.16. The minimum atomic E-state index is -1.11. The Hall–Kier alpha value is -3.42. The van der Waals surface area contributed by atoms with Crippen LogP contribution < -0.4 is 21.1 Å². The molecule has 3 rings (SSSR count). The monoisotopic (exact) mass is 382 g/mol.